The Morgan fingerprint density at radius 2 is 2.00 bits per heavy atom. The van der Waals surface area contributed by atoms with Crippen LogP contribution in [-0.4, -0.2) is 29.5 Å². The van der Waals surface area contributed by atoms with Crippen LogP contribution < -0.4 is 0 Å². The molecule has 1 atom stereocenters. The maximum Gasteiger partial charge on any atom is 0.0717 e. The molecule has 0 aliphatic carbocycles. The summed E-state index contributed by atoms with van der Waals surface area (Å²) in [4.78, 5) is 0. The standard InChI is InChI=1S/C15H22O3/c1-13(11-15(17)7-9-16)8-10-18-12-14-5-3-2-4-6-14/h2-6,15-17H,1,7-12H2/t15-/m0/s1. The second kappa shape index (κ2) is 8.86. The number of hydrogen-bond donors (Lipinski definition) is 2. The molecule has 0 unspecified atom stereocenters. The molecule has 0 bridgehead atoms. The largest absolute Gasteiger partial charge is 0.396 e. The van der Waals surface area contributed by atoms with E-state index in [-0.39, 0.29) is 6.61 Å². The van der Waals surface area contributed by atoms with Gasteiger partial charge >= 0.3 is 0 Å². The van der Waals surface area contributed by atoms with Gasteiger partial charge in [0.25, 0.3) is 0 Å². The number of ether oxygens (including phenoxy) is 1. The first-order chi connectivity index (χ1) is 8.72. The van der Waals surface area contributed by atoms with Crippen LogP contribution in [0, 0.1) is 0 Å². The fourth-order valence-corrected chi connectivity index (χ4v) is 1.67. The van der Waals surface area contributed by atoms with Crippen molar-refractivity contribution in [2.24, 2.45) is 0 Å². The minimum Gasteiger partial charge on any atom is -0.396 e. The van der Waals surface area contributed by atoms with E-state index in [0.717, 1.165) is 17.6 Å². The Kier molecular flexibility index (Phi) is 7.34. The third-order valence-corrected chi connectivity index (χ3v) is 2.70. The molecule has 0 amide bonds. The van der Waals surface area contributed by atoms with E-state index in [1.165, 1.54) is 0 Å². The van der Waals surface area contributed by atoms with Gasteiger partial charge in [0.05, 0.1) is 19.3 Å². The van der Waals surface area contributed by atoms with Crippen molar-refractivity contribution in [2.75, 3.05) is 13.2 Å². The lowest BCUT2D eigenvalue weighted by molar-refractivity contribution is 0.115. The summed E-state index contributed by atoms with van der Waals surface area (Å²) in [5.41, 5.74) is 2.12. The van der Waals surface area contributed by atoms with Gasteiger partial charge in [0.2, 0.25) is 0 Å². The highest BCUT2D eigenvalue weighted by Crippen LogP contribution is 2.10. The summed E-state index contributed by atoms with van der Waals surface area (Å²) in [6, 6.07) is 10.0. The summed E-state index contributed by atoms with van der Waals surface area (Å²) < 4.78 is 5.54. The second-order valence-electron chi connectivity index (χ2n) is 4.41. The van der Waals surface area contributed by atoms with Crippen molar-refractivity contribution >= 4 is 0 Å². The smallest absolute Gasteiger partial charge is 0.0717 e. The summed E-state index contributed by atoms with van der Waals surface area (Å²) >= 11 is 0. The van der Waals surface area contributed by atoms with E-state index in [1.54, 1.807) is 0 Å². The monoisotopic (exact) mass is 250 g/mol. The number of aliphatic hydroxyl groups excluding tert-OH is 2. The highest BCUT2D eigenvalue weighted by atomic mass is 16.5. The molecule has 0 radical (unpaired) electrons. The molecule has 0 aliphatic heterocycles. The van der Waals surface area contributed by atoms with Crippen LogP contribution in [0.1, 0.15) is 24.8 Å². The van der Waals surface area contributed by atoms with E-state index in [9.17, 15) is 5.11 Å². The summed E-state index contributed by atoms with van der Waals surface area (Å²) in [5, 5.41) is 18.2. The zero-order valence-electron chi connectivity index (χ0n) is 10.7. The molecule has 0 heterocycles. The normalized spacial score (nSPS) is 12.3. The van der Waals surface area contributed by atoms with Crippen LogP contribution in [0.2, 0.25) is 0 Å². The van der Waals surface area contributed by atoms with E-state index >= 15 is 0 Å². The third kappa shape index (κ3) is 6.55. The van der Waals surface area contributed by atoms with Crippen LogP contribution in [0.3, 0.4) is 0 Å². The zero-order chi connectivity index (χ0) is 13.2. The maximum atomic E-state index is 9.49. The van der Waals surface area contributed by atoms with E-state index in [0.29, 0.717) is 26.1 Å². The van der Waals surface area contributed by atoms with Crippen LogP contribution in [0.4, 0.5) is 0 Å². The molecule has 1 aromatic carbocycles. The predicted octanol–water partition coefficient (Wildman–Crippen LogP) is 2.28. The fraction of sp³-hybridized carbons (Fsp3) is 0.467. The Labute approximate surface area is 109 Å². The lowest BCUT2D eigenvalue weighted by Gasteiger charge is -2.11. The summed E-state index contributed by atoms with van der Waals surface area (Å²) in [7, 11) is 0. The fourth-order valence-electron chi connectivity index (χ4n) is 1.67. The minimum absolute atomic E-state index is 0.0129. The summed E-state index contributed by atoms with van der Waals surface area (Å²) in [5.74, 6) is 0. The lowest BCUT2D eigenvalue weighted by Crippen LogP contribution is -2.10. The molecule has 1 rings (SSSR count). The molecular weight excluding hydrogens is 228 g/mol. The molecule has 0 saturated heterocycles. The highest BCUT2D eigenvalue weighted by molar-refractivity contribution is 5.13. The van der Waals surface area contributed by atoms with E-state index in [2.05, 4.69) is 6.58 Å². The van der Waals surface area contributed by atoms with Gasteiger partial charge < -0.3 is 14.9 Å². The first kappa shape index (κ1) is 14.9. The van der Waals surface area contributed by atoms with Crippen LogP contribution in [0.25, 0.3) is 0 Å². The van der Waals surface area contributed by atoms with Gasteiger partial charge in [-0.2, -0.15) is 0 Å². The van der Waals surface area contributed by atoms with E-state index in [1.807, 2.05) is 30.3 Å². The number of rotatable bonds is 9. The van der Waals surface area contributed by atoms with Crippen LogP contribution in [-0.2, 0) is 11.3 Å². The molecular formula is C15H22O3. The molecule has 0 aromatic heterocycles. The Balaban J connectivity index is 2.09. The zero-order valence-corrected chi connectivity index (χ0v) is 10.7. The third-order valence-electron chi connectivity index (χ3n) is 2.70. The first-order valence-electron chi connectivity index (χ1n) is 6.29. The SMILES string of the molecule is C=C(CCOCc1ccccc1)C[C@@H](O)CCO. The first-order valence-corrected chi connectivity index (χ1v) is 6.29. The number of hydrogen-bond acceptors (Lipinski definition) is 3. The Morgan fingerprint density at radius 3 is 2.67 bits per heavy atom. The molecule has 0 aliphatic rings. The molecule has 0 fully saturated rings. The average Bonchev–Trinajstić information content (AvgIpc) is 2.36. The van der Waals surface area contributed by atoms with Gasteiger partial charge in [-0.3, -0.25) is 0 Å². The summed E-state index contributed by atoms with van der Waals surface area (Å²) in [6.45, 7) is 5.13. The van der Waals surface area contributed by atoms with Gasteiger partial charge in [0.1, 0.15) is 0 Å². The van der Waals surface area contributed by atoms with Gasteiger partial charge in [-0.1, -0.05) is 42.5 Å². The van der Waals surface area contributed by atoms with E-state index in [4.69, 9.17) is 9.84 Å². The van der Waals surface area contributed by atoms with Crippen molar-refractivity contribution in [1.82, 2.24) is 0 Å². The molecule has 3 heteroatoms. The topological polar surface area (TPSA) is 49.7 Å². The van der Waals surface area contributed by atoms with Crippen molar-refractivity contribution in [3.8, 4) is 0 Å². The van der Waals surface area contributed by atoms with Crippen molar-refractivity contribution in [3.05, 3.63) is 48.0 Å². The van der Waals surface area contributed by atoms with Gasteiger partial charge in [0.15, 0.2) is 0 Å². The van der Waals surface area contributed by atoms with Crippen LogP contribution >= 0.6 is 0 Å². The molecule has 1 aromatic rings. The van der Waals surface area contributed by atoms with Crippen LogP contribution in [0.15, 0.2) is 42.5 Å². The molecule has 100 valence electrons. The predicted molar refractivity (Wildman–Crippen MR) is 72.2 cm³/mol. The molecule has 2 N–H and O–H groups in total. The Morgan fingerprint density at radius 1 is 1.28 bits per heavy atom. The van der Waals surface area contributed by atoms with Gasteiger partial charge in [0, 0.05) is 6.61 Å². The lowest BCUT2D eigenvalue weighted by atomic mass is 10.1. The number of benzene rings is 1. The summed E-state index contributed by atoms with van der Waals surface area (Å²) in [6.07, 6.45) is 1.20. The van der Waals surface area contributed by atoms with Crippen molar-refractivity contribution in [1.29, 1.82) is 0 Å². The quantitative estimate of drug-likeness (QED) is 0.522. The van der Waals surface area contributed by atoms with Gasteiger partial charge in [-0.05, 0) is 24.8 Å². The minimum atomic E-state index is -0.489. The van der Waals surface area contributed by atoms with Crippen LogP contribution in [0.5, 0.6) is 0 Å². The molecule has 3 nitrogen and oxygen atoms in total. The highest BCUT2D eigenvalue weighted by Gasteiger charge is 2.05. The molecule has 0 saturated carbocycles. The van der Waals surface area contributed by atoms with Crippen molar-refractivity contribution in [3.63, 3.8) is 0 Å². The average molecular weight is 250 g/mol. The molecule has 0 spiro atoms. The number of aliphatic hydroxyl groups is 2. The maximum absolute atomic E-state index is 9.49. The second-order valence-corrected chi connectivity index (χ2v) is 4.41. The molecule has 18 heavy (non-hydrogen) atoms. The Bertz CT molecular complexity index is 335. The van der Waals surface area contributed by atoms with Gasteiger partial charge in [-0.25, -0.2) is 0 Å². The van der Waals surface area contributed by atoms with Crippen molar-refractivity contribution in [2.45, 2.75) is 32.0 Å². The van der Waals surface area contributed by atoms with Crippen molar-refractivity contribution < 1.29 is 14.9 Å². The van der Waals surface area contributed by atoms with Gasteiger partial charge in [-0.15, -0.1) is 0 Å². The van der Waals surface area contributed by atoms with E-state index < -0.39 is 6.10 Å². The Hall–Kier alpha value is -1.16.